The van der Waals surface area contributed by atoms with E-state index in [1.165, 1.54) is 0 Å². The zero-order chi connectivity index (χ0) is 13.8. The third kappa shape index (κ3) is 3.35. The molecule has 2 rings (SSSR count). The summed E-state index contributed by atoms with van der Waals surface area (Å²) in [6, 6.07) is 5.16. The van der Waals surface area contributed by atoms with E-state index >= 15 is 0 Å². The van der Waals surface area contributed by atoms with Crippen LogP contribution in [0.2, 0.25) is 0 Å². The average molecular weight is 380 g/mol. The maximum atomic E-state index is 10.6. The molecule has 0 saturated heterocycles. The molecular formula is C10H12BINO6-. The van der Waals surface area contributed by atoms with Crippen LogP contribution < -0.4 is 30.1 Å². The molecule has 1 heterocycles. The Morgan fingerprint density at radius 1 is 1.63 bits per heavy atom. The number of ether oxygens (including phenoxy) is 1. The summed E-state index contributed by atoms with van der Waals surface area (Å²) >= 11 is -0.636. The Kier molecular flexibility index (Phi) is 4.96. The summed E-state index contributed by atoms with van der Waals surface area (Å²) in [5.41, 5.74) is 1.10. The second-order valence-corrected chi connectivity index (χ2v) is 5.52. The summed E-state index contributed by atoms with van der Waals surface area (Å²) in [7, 11) is 0.409. The van der Waals surface area contributed by atoms with Crippen LogP contribution in [-0.4, -0.2) is 35.3 Å². The van der Waals surface area contributed by atoms with Crippen molar-refractivity contribution in [2.75, 3.05) is 18.3 Å². The molecule has 104 valence electrons. The summed E-state index contributed by atoms with van der Waals surface area (Å²) in [6.45, 7) is -0.374. The van der Waals surface area contributed by atoms with Gasteiger partial charge in [-0.2, -0.15) is 0 Å². The molecule has 0 radical (unpaired) electrons. The van der Waals surface area contributed by atoms with Crippen molar-refractivity contribution in [3.8, 4) is 5.75 Å². The van der Waals surface area contributed by atoms with Crippen LogP contribution in [0.3, 0.4) is 0 Å². The van der Waals surface area contributed by atoms with Crippen molar-refractivity contribution in [3.05, 3.63) is 33.9 Å². The predicted molar refractivity (Wildman–Crippen MR) is 62.2 cm³/mol. The minimum absolute atomic E-state index is 0.374. The van der Waals surface area contributed by atoms with Crippen molar-refractivity contribution in [1.82, 2.24) is 0 Å². The topological polar surface area (TPSA) is 91.1 Å². The molecule has 7 nitrogen and oxygen atoms in total. The average Bonchev–Trinajstić information content (AvgIpc) is 2.67. The monoisotopic (exact) mass is 380 g/mol. The van der Waals surface area contributed by atoms with E-state index in [1.54, 1.807) is 25.3 Å². The molecule has 1 aliphatic heterocycles. The Morgan fingerprint density at radius 2 is 2.42 bits per heavy atom. The number of nitro groups is 1. The quantitative estimate of drug-likeness (QED) is 0.139. The Balaban J connectivity index is 2.20. The van der Waals surface area contributed by atoms with Crippen molar-refractivity contribution >= 4 is 12.6 Å². The summed E-state index contributed by atoms with van der Waals surface area (Å²) in [5.74, 6) is 0.515. The second kappa shape index (κ2) is 6.50. The van der Waals surface area contributed by atoms with Crippen LogP contribution in [0.15, 0.2) is 18.2 Å². The van der Waals surface area contributed by atoms with Crippen molar-refractivity contribution in [2.45, 2.75) is 6.10 Å². The van der Waals surface area contributed by atoms with E-state index in [-0.39, 0.29) is 6.54 Å². The number of rotatable bonds is 6. The van der Waals surface area contributed by atoms with E-state index in [0.717, 1.165) is 0 Å². The zero-order valence-electron chi connectivity index (χ0n) is 10.1. The van der Waals surface area contributed by atoms with Crippen LogP contribution in [0, 0.1) is 10.1 Å². The third-order valence-electron chi connectivity index (χ3n) is 2.59. The van der Waals surface area contributed by atoms with E-state index < -0.39 is 39.8 Å². The molecule has 1 aliphatic rings. The van der Waals surface area contributed by atoms with Gasteiger partial charge >= 0.3 is 121 Å². The van der Waals surface area contributed by atoms with E-state index in [4.69, 9.17) is 12.5 Å². The molecule has 19 heavy (non-hydrogen) atoms. The van der Waals surface area contributed by atoms with Gasteiger partial charge in [-0.1, -0.05) is 0 Å². The van der Waals surface area contributed by atoms with Gasteiger partial charge in [0, 0.05) is 0 Å². The van der Waals surface area contributed by atoms with Gasteiger partial charge in [-0.15, -0.1) is 0 Å². The van der Waals surface area contributed by atoms with Crippen molar-refractivity contribution in [3.63, 3.8) is 0 Å². The van der Waals surface area contributed by atoms with E-state index in [2.05, 4.69) is 0 Å². The first-order valence-corrected chi connectivity index (χ1v) is 7.87. The fourth-order valence-electron chi connectivity index (χ4n) is 1.87. The zero-order valence-corrected chi connectivity index (χ0v) is 12.3. The molecule has 0 aromatic heterocycles. The second-order valence-electron chi connectivity index (χ2n) is 3.84. The molecule has 1 unspecified atom stereocenters. The van der Waals surface area contributed by atoms with E-state index in [1.807, 2.05) is 0 Å². The Hall–Kier alpha value is -0.905. The van der Waals surface area contributed by atoms with Crippen LogP contribution in [0.1, 0.15) is 11.7 Å². The molecule has 1 aromatic rings. The van der Waals surface area contributed by atoms with Gasteiger partial charge in [0.15, 0.2) is 0 Å². The fraction of sp³-hybridized carbons (Fsp3) is 0.400. The number of nitrogens with zero attached hydrogens (tertiary/aromatic N) is 1. The summed E-state index contributed by atoms with van der Waals surface area (Å²) in [5, 5.41) is 20.4. The molecule has 0 fully saturated rings. The van der Waals surface area contributed by atoms with E-state index in [0.29, 0.717) is 21.4 Å². The molecule has 0 amide bonds. The first kappa shape index (κ1) is 14.5. The molecule has 9 heteroatoms. The van der Waals surface area contributed by atoms with E-state index in [9.17, 15) is 15.1 Å². The summed E-state index contributed by atoms with van der Waals surface area (Å²) < 4.78 is 16.2. The van der Waals surface area contributed by atoms with Crippen LogP contribution in [0.4, 0.5) is 0 Å². The molecule has 0 saturated carbocycles. The van der Waals surface area contributed by atoms with Crippen LogP contribution in [0.25, 0.3) is 0 Å². The summed E-state index contributed by atoms with van der Waals surface area (Å²) in [4.78, 5) is 10.1. The molecule has 1 N–H and O–H groups in total. The van der Waals surface area contributed by atoms with Gasteiger partial charge in [0.05, 0.1) is 0 Å². The number of halogens is 1. The van der Waals surface area contributed by atoms with Crippen molar-refractivity contribution in [2.24, 2.45) is 0 Å². The number of hydrogen-bond donors (Lipinski definition) is 1. The number of fused-ring (bicyclic) bond motifs is 1. The molecule has 1 aromatic carbocycles. The molecule has 0 aliphatic carbocycles. The van der Waals surface area contributed by atoms with Crippen molar-refractivity contribution < 1.29 is 44.0 Å². The Bertz CT molecular complexity index is 473. The van der Waals surface area contributed by atoms with Gasteiger partial charge in [0.2, 0.25) is 0 Å². The van der Waals surface area contributed by atoms with Crippen LogP contribution >= 0.6 is 0 Å². The van der Waals surface area contributed by atoms with Gasteiger partial charge in [0.1, 0.15) is 0 Å². The number of hydrogen-bond acceptors (Lipinski definition) is 6. The maximum absolute atomic E-state index is 10.6. The normalized spacial score (nSPS) is 17.6. The minimum atomic E-state index is -1.18. The van der Waals surface area contributed by atoms with Crippen LogP contribution in [0.5, 0.6) is 5.75 Å². The predicted octanol–water partition coefficient (Wildman–Crippen LogP) is -3.29. The fourth-order valence-corrected chi connectivity index (χ4v) is 2.97. The van der Waals surface area contributed by atoms with Gasteiger partial charge in [0.25, 0.3) is 0 Å². The number of alkyl halides is 1. The molecule has 1 atom stereocenters. The van der Waals surface area contributed by atoms with Crippen LogP contribution in [-0.2, 0) is 9.39 Å². The SMILES string of the molecule is COC[I-]Oc1cccc2c1B(O)OC2C[N+](=O)[O-]. The molecule has 0 spiro atoms. The number of benzene rings is 1. The first-order valence-electron chi connectivity index (χ1n) is 5.46. The molecular weight excluding hydrogens is 368 g/mol. The summed E-state index contributed by atoms with van der Waals surface area (Å²) in [6.07, 6.45) is -0.732. The number of methoxy groups -OCH3 is 1. The van der Waals surface area contributed by atoms with Gasteiger partial charge in [-0.25, -0.2) is 0 Å². The Labute approximate surface area is 121 Å². The Morgan fingerprint density at radius 3 is 3.11 bits per heavy atom. The molecule has 0 bridgehead atoms. The van der Waals surface area contributed by atoms with Gasteiger partial charge < -0.3 is 0 Å². The first-order chi connectivity index (χ1) is 9.13. The van der Waals surface area contributed by atoms with Gasteiger partial charge in [-0.05, 0) is 0 Å². The van der Waals surface area contributed by atoms with Crippen molar-refractivity contribution in [1.29, 1.82) is 0 Å². The van der Waals surface area contributed by atoms with Gasteiger partial charge in [-0.3, -0.25) is 0 Å². The standard InChI is InChI=1S/C10H12BINO6/c1-17-6-12-19-8-4-2-3-7-9(5-13(15)16)18-11(14)10(7)8/h2-4,9,14H,5-6H2,1H3/q-1. The third-order valence-corrected chi connectivity index (χ3v) is 4.26.